The van der Waals surface area contributed by atoms with E-state index in [1.54, 1.807) is 41.3 Å². The van der Waals surface area contributed by atoms with E-state index < -0.39 is 0 Å². The van der Waals surface area contributed by atoms with E-state index >= 15 is 0 Å². The van der Waals surface area contributed by atoms with Crippen LogP contribution in [0.1, 0.15) is 23.2 Å². The molecule has 0 bridgehead atoms. The van der Waals surface area contributed by atoms with Gasteiger partial charge in [0.05, 0.1) is 11.4 Å². The fraction of sp³-hybridized carbons (Fsp3) is 0.261. The van der Waals surface area contributed by atoms with Gasteiger partial charge in [0.2, 0.25) is 11.9 Å². The first-order valence-electron chi connectivity index (χ1n) is 10.4. The van der Waals surface area contributed by atoms with Gasteiger partial charge in [-0.2, -0.15) is 5.10 Å². The van der Waals surface area contributed by atoms with Crippen LogP contribution >= 0.6 is 0 Å². The standard InChI is InChI=1S/C23H25N7O2/c1-3-21(31)26-17-8-6-16(7-9-17)22(32)30-14-4-5-18(15-30)27-23-24-12-10-19(28-23)20-11-13-25-29(20)2/h3,6-13,18H,1,4-5,14-15H2,2H3,(H,26,31)(H,24,27,28). The predicted molar refractivity (Wildman–Crippen MR) is 122 cm³/mol. The summed E-state index contributed by atoms with van der Waals surface area (Å²) in [4.78, 5) is 35.2. The van der Waals surface area contributed by atoms with E-state index in [0.29, 0.717) is 30.3 Å². The van der Waals surface area contributed by atoms with Crippen molar-refractivity contribution in [1.82, 2.24) is 24.6 Å². The molecule has 9 heteroatoms. The number of aryl methyl sites for hydroxylation is 1. The number of carbonyl (C=O) groups is 2. The SMILES string of the molecule is C=CC(=O)Nc1ccc(C(=O)N2CCCC(Nc3nccc(-c4ccnn4C)n3)C2)cc1. The monoisotopic (exact) mass is 431 g/mol. The highest BCUT2D eigenvalue weighted by atomic mass is 16.2. The normalized spacial score (nSPS) is 15.8. The minimum absolute atomic E-state index is 0.0392. The van der Waals surface area contributed by atoms with E-state index in [0.717, 1.165) is 24.2 Å². The molecular weight excluding hydrogens is 406 g/mol. The van der Waals surface area contributed by atoms with Gasteiger partial charge >= 0.3 is 0 Å². The molecule has 1 aromatic carbocycles. The molecule has 0 saturated carbocycles. The molecule has 1 aliphatic heterocycles. The molecule has 3 aromatic rings. The number of anilines is 2. The number of benzene rings is 1. The first-order chi connectivity index (χ1) is 15.5. The third-order valence-corrected chi connectivity index (χ3v) is 5.37. The number of hydrogen-bond donors (Lipinski definition) is 2. The van der Waals surface area contributed by atoms with Gasteiger partial charge in [0, 0.05) is 49.8 Å². The molecule has 1 saturated heterocycles. The smallest absolute Gasteiger partial charge is 0.253 e. The Labute approximate surface area is 186 Å². The molecule has 3 heterocycles. The maximum absolute atomic E-state index is 13.0. The third-order valence-electron chi connectivity index (χ3n) is 5.37. The summed E-state index contributed by atoms with van der Waals surface area (Å²) in [7, 11) is 1.87. The van der Waals surface area contributed by atoms with Gasteiger partial charge in [-0.05, 0) is 55.3 Å². The van der Waals surface area contributed by atoms with Crippen LogP contribution in [-0.2, 0) is 11.8 Å². The summed E-state index contributed by atoms with van der Waals surface area (Å²) < 4.78 is 1.77. The number of hydrogen-bond acceptors (Lipinski definition) is 6. The van der Waals surface area contributed by atoms with E-state index in [-0.39, 0.29) is 17.9 Å². The second-order valence-corrected chi connectivity index (χ2v) is 7.61. The van der Waals surface area contributed by atoms with Crippen molar-refractivity contribution in [1.29, 1.82) is 0 Å². The van der Waals surface area contributed by atoms with Crippen molar-refractivity contribution in [3.05, 3.63) is 67.0 Å². The molecule has 0 radical (unpaired) electrons. The minimum Gasteiger partial charge on any atom is -0.350 e. The molecule has 1 fully saturated rings. The molecule has 0 spiro atoms. The quantitative estimate of drug-likeness (QED) is 0.582. The van der Waals surface area contributed by atoms with Crippen LogP contribution in [-0.4, -0.2) is 55.6 Å². The van der Waals surface area contributed by atoms with E-state index in [1.807, 2.05) is 24.1 Å². The Kier molecular flexibility index (Phi) is 6.25. The van der Waals surface area contributed by atoms with Gasteiger partial charge in [-0.3, -0.25) is 14.3 Å². The molecule has 2 aromatic heterocycles. The Morgan fingerprint density at radius 1 is 1.16 bits per heavy atom. The zero-order valence-corrected chi connectivity index (χ0v) is 17.9. The summed E-state index contributed by atoms with van der Waals surface area (Å²) in [5.74, 6) is 0.205. The summed E-state index contributed by atoms with van der Waals surface area (Å²) in [6.07, 6.45) is 6.47. The highest BCUT2D eigenvalue weighted by molar-refractivity contribution is 5.99. The van der Waals surface area contributed by atoms with E-state index in [1.165, 1.54) is 6.08 Å². The molecule has 1 aliphatic rings. The van der Waals surface area contributed by atoms with Crippen LogP contribution < -0.4 is 10.6 Å². The van der Waals surface area contributed by atoms with E-state index in [2.05, 4.69) is 32.3 Å². The summed E-state index contributed by atoms with van der Waals surface area (Å²) >= 11 is 0. The number of carbonyl (C=O) groups excluding carboxylic acids is 2. The van der Waals surface area contributed by atoms with Crippen LogP contribution in [0.2, 0.25) is 0 Å². The summed E-state index contributed by atoms with van der Waals surface area (Å²) in [5, 5.41) is 10.2. The fourth-order valence-corrected chi connectivity index (χ4v) is 3.73. The van der Waals surface area contributed by atoms with Gasteiger partial charge in [-0.15, -0.1) is 0 Å². The molecular formula is C23H25N7O2. The number of aromatic nitrogens is 4. The number of rotatable bonds is 6. The molecule has 1 unspecified atom stereocenters. The Bertz CT molecular complexity index is 1120. The van der Waals surface area contributed by atoms with Crippen LogP contribution in [0.5, 0.6) is 0 Å². The molecule has 0 aliphatic carbocycles. The zero-order chi connectivity index (χ0) is 22.5. The summed E-state index contributed by atoms with van der Waals surface area (Å²) in [5.41, 5.74) is 2.89. The highest BCUT2D eigenvalue weighted by Crippen LogP contribution is 2.20. The van der Waals surface area contributed by atoms with Gasteiger partial charge in [-0.25, -0.2) is 9.97 Å². The number of amides is 2. The highest BCUT2D eigenvalue weighted by Gasteiger charge is 2.25. The molecule has 9 nitrogen and oxygen atoms in total. The lowest BCUT2D eigenvalue weighted by Gasteiger charge is -2.33. The van der Waals surface area contributed by atoms with Crippen LogP contribution in [0.4, 0.5) is 11.6 Å². The predicted octanol–water partition coefficient (Wildman–Crippen LogP) is 2.72. The lowest BCUT2D eigenvalue weighted by Crippen LogP contribution is -2.45. The van der Waals surface area contributed by atoms with Gasteiger partial charge in [0.15, 0.2) is 0 Å². The summed E-state index contributed by atoms with van der Waals surface area (Å²) in [6, 6.07) is 10.7. The first-order valence-corrected chi connectivity index (χ1v) is 10.4. The van der Waals surface area contributed by atoms with E-state index in [4.69, 9.17) is 0 Å². The number of likely N-dealkylation sites (tertiary alicyclic amines) is 1. The zero-order valence-electron chi connectivity index (χ0n) is 17.9. The maximum atomic E-state index is 13.0. The summed E-state index contributed by atoms with van der Waals surface area (Å²) in [6.45, 7) is 4.69. The fourth-order valence-electron chi connectivity index (χ4n) is 3.73. The molecule has 2 amide bonds. The number of piperidine rings is 1. The molecule has 4 rings (SSSR count). The van der Waals surface area contributed by atoms with Gasteiger partial charge in [0.25, 0.3) is 5.91 Å². The van der Waals surface area contributed by atoms with Crippen molar-refractivity contribution in [2.24, 2.45) is 7.05 Å². The van der Waals surface area contributed by atoms with Crippen molar-refractivity contribution >= 4 is 23.5 Å². The van der Waals surface area contributed by atoms with Crippen LogP contribution in [0, 0.1) is 0 Å². The topological polar surface area (TPSA) is 105 Å². The van der Waals surface area contributed by atoms with Crippen LogP contribution in [0.3, 0.4) is 0 Å². The van der Waals surface area contributed by atoms with Crippen LogP contribution in [0.15, 0.2) is 61.4 Å². The Hall–Kier alpha value is -4.01. The minimum atomic E-state index is -0.288. The van der Waals surface area contributed by atoms with Gasteiger partial charge in [0.1, 0.15) is 0 Å². The Balaban J connectivity index is 1.40. The van der Waals surface area contributed by atoms with Gasteiger partial charge < -0.3 is 15.5 Å². The van der Waals surface area contributed by atoms with Crippen molar-refractivity contribution in [2.45, 2.75) is 18.9 Å². The molecule has 1 atom stereocenters. The second kappa shape index (κ2) is 9.42. The van der Waals surface area contributed by atoms with Crippen molar-refractivity contribution < 1.29 is 9.59 Å². The largest absolute Gasteiger partial charge is 0.350 e. The maximum Gasteiger partial charge on any atom is 0.253 e. The van der Waals surface area contributed by atoms with Gasteiger partial charge in [-0.1, -0.05) is 6.58 Å². The first kappa shape index (κ1) is 21.2. The average molecular weight is 432 g/mol. The second-order valence-electron chi connectivity index (χ2n) is 7.61. The molecule has 32 heavy (non-hydrogen) atoms. The van der Waals surface area contributed by atoms with Crippen molar-refractivity contribution in [2.75, 3.05) is 23.7 Å². The average Bonchev–Trinajstić information content (AvgIpc) is 3.25. The number of nitrogens with zero attached hydrogens (tertiary/aromatic N) is 5. The lowest BCUT2D eigenvalue weighted by atomic mass is 10.0. The van der Waals surface area contributed by atoms with E-state index in [9.17, 15) is 9.59 Å². The van der Waals surface area contributed by atoms with Crippen molar-refractivity contribution in [3.63, 3.8) is 0 Å². The molecule has 164 valence electrons. The number of nitrogens with one attached hydrogen (secondary N) is 2. The molecule has 2 N–H and O–H groups in total. The lowest BCUT2D eigenvalue weighted by molar-refractivity contribution is -0.111. The van der Waals surface area contributed by atoms with Crippen molar-refractivity contribution in [3.8, 4) is 11.4 Å². The third kappa shape index (κ3) is 4.83. The van der Waals surface area contributed by atoms with Crippen LogP contribution in [0.25, 0.3) is 11.4 Å². The Morgan fingerprint density at radius 3 is 2.69 bits per heavy atom. The Morgan fingerprint density at radius 2 is 1.97 bits per heavy atom.